The van der Waals surface area contributed by atoms with Gasteiger partial charge in [-0.2, -0.15) is 0 Å². The van der Waals surface area contributed by atoms with Gasteiger partial charge in [0, 0.05) is 5.33 Å². The van der Waals surface area contributed by atoms with Crippen molar-refractivity contribution in [2.75, 3.05) is 5.33 Å². The maximum absolute atomic E-state index is 9.57. The van der Waals surface area contributed by atoms with Gasteiger partial charge in [0.1, 0.15) is 0 Å². The van der Waals surface area contributed by atoms with Gasteiger partial charge in [-0.25, -0.2) is 0 Å². The molecule has 0 aromatic rings. The van der Waals surface area contributed by atoms with Gasteiger partial charge in [-0.3, -0.25) is 4.79 Å². The fourth-order valence-corrected chi connectivity index (χ4v) is 0.420. The van der Waals surface area contributed by atoms with Gasteiger partial charge in [-0.15, -0.1) is 0 Å². The van der Waals surface area contributed by atoms with Crippen LogP contribution >= 0.6 is 15.9 Å². The number of carbonyl (C=O) groups is 1. The zero-order valence-electron chi connectivity index (χ0n) is 3.15. The molecule has 0 aliphatic heterocycles. The number of halogens is 1. The van der Waals surface area contributed by atoms with Crippen molar-refractivity contribution in [2.24, 2.45) is 0 Å². The van der Waals surface area contributed by atoms with E-state index in [0.717, 1.165) is 0 Å². The van der Waals surface area contributed by atoms with Crippen LogP contribution in [0.5, 0.6) is 0 Å². The van der Waals surface area contributed by atoms with Crippen LogP contribution in [0.15, 0.2) is 0 Å². The fourth-order valence-electron chi connectivity index (χ4n) is 0.0808. The Labute approximate surface area is 62.6 Å². The topological polar surface area (TPSA) is 37.3 Å². The summed E-state index contributed by atoms with van der Waals surface area (Å²) in [6, 6.07) is 0. The van der Waals surface area contributed by atoms with Crippen molar-refractivity contribution in [3.05, 3.63) is 0 Å². The van der Waals surface area contributed by atoms with Crippen LogP contribution in [-0.4, -0.2) is 35.3 Å². The van der Waals surface area contributed by atoms with Crippen molar-refractivity contribution in [3.63, 3.8) is 0 Å². The van der Waals surface area contributed by atoms with Gasteiger partial charge in [0.05, 0.1) is 6.42 Å². The van der Waals surface area contributed by atoms with E-state index in [9.17, 15) is 4.79 Å². The summed E-state index contributed by atoms with van der Waals surface area (Å²) >= 11 is 2.97. The summed E-state index contributed by atoms with van der Waals surface area (Å²) in [6.45, 7) is 0. The molecule has 1 N–H and O–H groups in total. The molecule has 0 saturated carbocycles. The SMILES string of the molecule is O=C(O)CCBr.[LiH]. The first-order valence-electron chi connectivity index (χ1n) is 1.55. The Balaban J connectivity index is 0. The van der Waals surface area contributed by atoms with E-state index in [-0.39, 0.29) is 25.3 Å². The van der Waals surface area contributed by atoms with E-state index in [2.05, 4.69) is 15.9 Å². The standard InChI is InChI=1S/C3H5BrO2.Li.H/c4-2-1-3(5)6;;/h1-2H2,(H,5,6);;. The monoisotopic (exact) mass is 160 g/mol. The number of alkyl halides is 1. The van der Waals surface area contributed by atoms with Gasteiger partial charge in [-0.05, 0) is 0 Å². The summed E-state index contributed by atoms with van der Waals surface area (Å²) in [4.78, 5) is 9.57. The van der Waals surface area contributed by atoms with Crippen molar-refractivity contribution in [3.8, 4) is 0 Å². The van der Waals surface area contributed by atoms with E-state index >= 15 is 0 Å². The molecule has 0 saturated heterocycles. The quantitative estimate of drug-likeness (QED) is 0.464. The second-order valence-electron chi connectivity index (χ2n) is 0.833. The van der Waals surface area contributed by atoms with Crippen molar-refractivity contribution >= 4 is 40.8 Å². The fraction of sp³-hybridized carbons (Fsp3) is 0.667. The van der Waals surface area contributed by atoms with Crippen molar-refractivity contribution in [2.45, 2.75) is 6.42 Å². The Morgan fingerprint density at radius 2 is 2.14 bits per heavy atom. The first kappa shape index (κ1) is 10.5. The first-order chi connectivity index (χ1) is 2.77. The van der Waals surface area contributed by atoms with E-state index in [1.54, 1.807) is 0 Å². The van der Waals surface area contributed by atoms with Crippen LogP contribution in [0.25, 0.3) is 0 Å². The summed E-state index contributed by atoms with van der Waals surface area (Å²) < 4.78 is 0. The van der Waals surface area contributed by atoms with Gasteiger partial charge < -0.3 is 5.11 Å². The molecular weight excluding hydrogens is 155 g/mol. The number of hydrogen-bond donors (Lipinski definition) is 1. The molecule has 0 heterocycles. The average Bonchev–Trinajstić information content (AvgIpc) is 1.35. The minimum absolute atomic E-state index is 0. The minimum atomic E-state index is -0.758. The predicted molar refractivity (Wildman–Crippen MR) is 33.2 cm³/mol. The third kappa shape index (κ3) is 10.8. The van der Waals surface area contributed by atoms with Crippen LogP contribution < -0.4 is 0 Å². The molecule has 2 nitrogen and oxygen atoms in total. The van der Waals surface area contributed by atoms with Crippen molar-refractivity contribution in [1.29, 1.82) is 0 Å². The van der Waals surface area contributed by atoms with E-state index in [1.807, 2.05) is 0 Å². The van der Waals surface area contributed by atoms with E-state index in [0.29, 0.717) is 5.33 Å². The molecule has 0 aliphatic rings. The van der Waals surface area contributed by atoms with Crippen LogP contribution in [0.1, 0.15) is 6.42 Å². The summed E-state index contributed by atoms with van der Waals surface area (Å²) in [5.74, 6) is -0.758. The van der Waals surface area contributed by atoms with Gasteiger partial charge in [-0.1, -0.05) is 15.9 Å². The summed E-state index contributed by atoms with van der Waals surface area (Å²) in [6.07, 6.45) is 0.208. The molecule has 0 spiro atoms. The zero-order chi connectivity index (χ0) is 4.99. The Morgan fingerprint density at radius 3 is 2.14 bits per heavy atom. The van der Waals surface area contributed by atoms with Gasteiger partial charge in [0.25, 0.3) is 0 Å². The molecule has 0 unspecified atom stereocenters. The number of aliphatic carboxylic acids is 1. The van der Waals surface area contributed by atoms with Crippen LogP contribution in [0.4, 0.5) is 0 Å². The molecule has 0 amide bonds. The summed E-state index contributed by atoms with van der Waals surface area (Å²) in [7, 11) is 0. The second kappa shape index (κ2) is 6.55. The summed E-state index contributed by atoms with van der Waals surface area (Å²) in [5, 5.41) is 8.43. The van der Waals surface area contributed by atoms with Crippen molar-refractivity contribution in [1.82, 2.24) is 0 Å². The maximum atomic E-state index is 9.57. The average molecular weight is 161 g/mol. The number of rotatable bonds is 2. The van der Waals surface area contributed by atoms with E-state index in [4.69, 9.17) is 5.11 Å². The molecule has 7 heavy (non-hydrogen) atoms. The Hall–Kier alpha value is 0.547. The Bertz CT molecular complexity index is 56.9. The van der Waals surface area contributed by atoms with Gasteiger partial charge >= 0.3 is 24.8 Å². The van der Waals surface area contributed by atoms with Crippen LogP contribution in [0.2, 0.25) is 0 Å². The normalized spacial score (nSPS) is 7.00. The molecule has 0 atom stereocenters. The molecule has 0 aromatic carbocycles. The summed E-state index contributed by atoms with van der Waals surface area (Å²) in [5.41, 5.74) is 0. The number of hydrogen-bond acceptors (Lipinski definition) is 1. The second-order valence-corrected chi connectivity index (χ2v) is 1.63. The number of carboxylic acid groups (broad SMARTS) is 1. The Morgan fingerprint density at radius 1 is 1.71 bits per heavy atom. The predicted octanol–water partition coefficient (Wildman–Crippen LogP) is 0.208. The number of carboxylic acids is 1. The molecule has 4 heteroatoms. The Kier molecular flexibility index (Phi) is 9.83. The molecule has 0 rings (SSSR count). The van der Waals surface area contributed by atoms with Gasteiger partial charge in [0.2, 0.25) is 0 Å². The van der Waals surface area contributed by atoms with E-state index < -0.39 is 5.97 Å². The van der Waals surface area contributed by atoms with Gasteiger partial charge in [0.15, 0.2) is 0 Å². The molecule has 0 aromatic heterocycles. The first-order valence-corrected chi connectivity index (χ1v) is 2.67. The van der Waals surface area contributed by atoms with Crippen LogP contribution in [0, 0.1) is 0 Å². The van der Waals surface area contributed by atoms with E-state index in [1.165, 1.54) is 0 Å². The molecule has 0 radical (unpaired) electrons. The van der Waals surface area contributed by atoms with Crippen molar-refractivity contribution < 1.29 is 9.90 Å². The molecule has 38 valence electrons. The third-order valence-electron chi connectivity index (χ3n) is 0.308. The van der Waals surface area contributed by atoms with Crippen LogP contribution in [-0.2, 0) is 4.79 Å². The molecule has 0 aliphatic carbocycles. The molecular formula is C3H6BrLiO2. The third-order valence-corrected chi connectivity index (χ3v) is 0.705. The zero-order valence-corrected chi connectivity index (χ0v) is 4.73. The molecule has 0 bridgehead atoms. The van der Waals surface area contributed by atoms with Crippen LogP contribution in [0.3, 0.4) is 0 Å². The molecule has 0 fully saturated rings.